The van der Waals surface area contributed by atoms with Gasteiger partial charge in [-0.15, -0.1) is 24.0 Å². The van der Waals surface area contributed by atoms with Crippen LogP contribution < -0.4 is 5.32 Å². The van der Waals surface area contributed by atoms with E-state index in [0.717, 1.165) is 45.1 Å². The predicted octanol–water partition coefficient (Wildman–Crippen LogP) is 1.67. The highest BCUT2D eigenvalue weighted by molar-refractivity contribution is 14.0. The third-order valence-electron chi connectivity index (χ3n) is 4.85. The average molecular weight is 548 g/mol. The first-order valence-electron chi connectivity index (χ1n) is 10.7. The van der Waals surface area contributed by atoms with Crippen LogP contribution in [0.2, 0.25) is 0 Å². The van der Waals surface area contributed by atoms with Gasteiger partial charge < -0.3 is 19.9 Å². The zero-order valence-electron chi connectivity index (χ0n) is 18.9. The molecule has 8 nitrogen and oxygen atoms in total. The molecule has 0 spiro atoms. The zero-order valence-corrected chi connectivity index (χ0v) is 22.0. The van der Waals surface area contributed by atoms with Crippen LogP contribution in [0.1, 0.15) is 41.0 Å². The summed E-state index contributed by atoms with van der Waals surface area (Å²) in [5, 5.41) is 3.34. The number of rotatable bonds is 12. The molecule has 1 aliphatic heterocycles. The molecule has 0 bridgehead atoms. The van der Waals surface area contributed by atoms with E-state index in [-0.39, 0.29) is 42.4 Å². The van der Waals surface area contributed by atoms with Gasteiger partial charge in [0.05, 0.1) is 18.5 Å². The molecule has 1 aliphatic rings. The van der Waals surface area contributed by atoms with E-state index in [1.165, 1.54) is 0 Å². The standard InChI is InChI=1S/C19H41N5O3S.HI/c1-6-20-19(21-10-9-11-22(7-2)8-3)23-12-14-24(15-13-23)28(25,26)17-16-27-18(4)5;/h18H,6-17H2,1-5H3,(H,20,21);1H. The first-order chi connectivity index (χ1) is 13.3. The van der Waals surface area contributed by atoms with Crippen LogP contribution in [0.15, 0.2) is 4.99 Å². The Morgan fingerprint density at radius 3 is 2.28 bits per heavy atom. The van der Waals surface area contributed by atoms with Crippen LogP contribution in [-0.4, -0.2) is 106 Å². The van der Waals surface area contributed by atoms with Crippen molar-refractivity contribution in [3.05, 3.63) is 0 Å². The number of hydrogen-bond acceptors (Lipinski definition) is 5. The molecule has 0 amide bonds. The van der Waals surface area contributed by atoms with Crippen LogP contribution >= 0.6 is 24.0 Å². The van der Waals surface area contributed by atoms with Crippen molar-refractivity contribution in [3.8, 4) is 0 Å². The average Bonchev–Trinajstić information content (AvgIpc) is 2.67. The van der Waals surface area contributed by atoms with Crippen molar-refractivity contribution in [1.82, 2.24) is 19.4 Å². The normalized spacial score (nSPS) is 16.4. The summed E-state index contributed by atoms with van der Waals surface area (Å²) in [6.45, 7) is 17.6. The molecule has 29 heavy (non-hydrogen) atoms. The van der Waals surface area contributed by atoms with E-state index in [2.05, 4.69) is 35.9 Å². The SMILES string of the molecule is CCNC(=NCCCN(CC)CC)N1CCN(S(=O)(=O)CCOC(C)C)CC1.I. The molecule has 10 heteroatoms. The zero-order chi connectivity index (χ0) is 21.0. The molecule has 1 saturated heterocycles. The van der Waals surface area contributed by atoms with E-state index in [0.29, 0.717) is 26.2 Å². The van der Waals surface area contributed by atoms with Crippen LogP contribution in [0.25, 0.3) is 0 Å². The second-order valence-electron chi connectivity index (χ2n) is 7.24. The molecule has 174 valence electrons. The lowest BCUT2D eigenvalue weighted by Gasteiger charge is -2.36. The van der Waals surface area contributed by atoms with Gasteiger partial charge in [-0.05, 0) is 46.8 Å². The fourth-order valence-electron chi connectivity index (χ4n) is 3.14. The van der Waals surface area contributed by atoms with Gasteiger partial charge in [0, 0.05) is 39.3 Å². The first-order valence-corrected chi connectivity index (χ1v) is 12.3. The van der Waals surface area contributed by atoms with Gasteiger partial charge in [0.1, 0.15) is 0 Å². The van der Waals surface area contributed by atoms with Gasteiger partial charge in [-0.1, -0.05) is 13.8 Å². The number of halogens is 1. The lowest BCUT2D eigenvalue weighted by atomic mass is 10.3. The summed E-state index contributed by atoms with van der Waals surface area (Å²) >= 11 is 0. The summed E-state index contributed by atoms with van der Waals surface area (Å²) < 4.78 is 31.9. The summed E-state index contributed by atoms with van der Waals surface area (Å²) in [6.07, 6.45) is 1.08. The molecule has 0 aromatic rings. The number of sulfonamides is 1. The van der Waals surface area contributed by atoms with Gasteiger partial charge in [-0.2, -0.15) is 4.31 Å². The van der Waals surface area contributed by atoms with Crippen molar-refractivity contribution >= 4 is 40.0 Å². The quantitative estimate of drug-likeness (QED) is 0.174. The minimum absolute atomic E-state index is 0. The Morgan fingerprint density at radius 1 is 1.14 bits per heavy atom. The number of guanidine groups is 1. The van der Waals surface area contributed by atoms with E-state index in [9.17, 15) is 8.42 Å². The molecule has 1 rings (SSSR count). The Labute approximate surface area is 195 Å². The molecule has 1 fully saturated rings. The van der Waals surface area contributed by atoms with Gasteiger partial charge in [-0.25, -0.2) is 8.42 Å². The predicted molar refractivity (Wildman–Crippen MR) is 132 cm³/mol. The molecule has 0 unspecified atom stereocenters. The molecular formula is C19H42IN5O3S. The van der Waals surface area contributed by atoms with E-state index in [1.54, 1.807) is 4.31 Å². The van der Waals surface area contributed by atoms with Gasteiger partial charge in [0.15, 0.2) is 5.96 Å². The fraction of sp³-hybridized carbons (Fsp3) is 0.947. The van der Waals surface area contributed by atoms with Gasteiger partial charge in [-0.3, -0.25) is 4.99 Å². The Balaban J connectivity index is 0.00000784. The highest BCUT2D eigenvalue weighted by Gasteiger charge is 2.27. The number of hydrogen-bond donors (Lipinski definition) is 1. The number of ether oxygens (including phenoxy) is 1. The smallest absolute Gasteiger partial charge is 0.216 e. The molecule has 0 aromatic carbocycles. The summed E-state index contributed by atoms with van der Waals surface area (Å²) in [5.41, 5.74) is 0. The first kappa shape index (κ1) is 28.8. The van der Waals surface area contributed by atoms with E-state index in [1.807, 2.05) is 13.8 Å². The Hall–Kier alpha value is -0.170. The summed E-state index contributed by atoms with van der Waals surface area (Å²) in [5.74, 6) is 0.937. The Kier molecular flexibility index (Phi) is 15.5. The highest BCUT2D eigenvalue weighted by atomic mass is 127. The minimum Gasteiger partial charge on any atom is -0.378 e. The number of nitrogens with zero attached hydrogens (tertiary/aromatic N) is 4. The topological polar surface area (TPSA) is 77.5 Å². The molecule has 1 heterocycles. The second kappa shape index (κ2) is 15.6. The molecule has 0 radical (unpaired) electrons. The molecule has 0 atom stereocenters. The minimum atomic E-state index is -3.26. The van der Waals surface area contributed by atoms with Gasteiger partial charge in [0.25, 0.3) is 0 Å². The lowest BCUT2D eigenvalue weighted by molar-refractivity contribution is 0.0904. The number of aliphatic imine (C=N–C) groups is 1. The van der Waals surface area contributed by atoms with Crippen LogP contribution in [0.5, 0.6) is 0 Å². The van der Waals surface area contributed by atoms with E-state index in [4.69, 9.17) is 9.73 Å². The van der Waals surface area contributed by atoms with Crippen LogP contribution in [0.3, 0.4) is 0 Å². The van der Waals surface area contributed by atoms with Crippen molar-refractivity contribution < 1.29 is 13.2 Å². The highest BCUT2D eigenvalue weighted by Crippen LogP contribution is 2.09. The monoisotopic (exact) mass is 547 g/mol. The fourth-order valence-corrected chi connectivity index (χ4v) is 4.43. The van der Waals surface area contributed by atoms with Crippen molar-refractivity contribution in [3.63, 3.8) is 0 Å². The van der Waals surface area contributed by atoms with E-state index >= 15 is 0 Å². The summed E-state index contributed by atoms with van der Waals surface area (Å²) in [6, 6.07) is 0. The number of piperazine rings is 1. The molecule has 0 aromatic heterocycles. The van der Waals surface area contributed by atoms with Crippen molar-refractivity contribution in [2.75, 3.05) is 71.3 Å². The largest absolute Gasteiger partial charge is 0.378 e. The maximum atomic E-state index is 12.5. The maximum Gasteiger partial charge on any atom is 0.216 e. The third kappa shape index (κ3) is 11.1. The molecule has 1 N–H and O–H groups in total. The molecule has 0 aliphatic carbocycles. The molecular weight excluding hydrogens is 505 g/mol. The molecule has 0 saturated carbocycles. The second-order valence-corrected chi connectivity index (χ2v) is 9.33. The van der Waals surface area contributed by atoms with Crippen molar-refractivity contribution in [1.29, 1.82) is 0 Å². The summed E-state index contributed by atoms with van der Waals surface area (Å²) in [7, 11) is -3.26. The van der Waals surface area contributed by atoms with Crippen LogP contribution in [0, 0.1) is 0 Å². The van der Waals surface area contributed by atoms with Crippen LogP contribution in [0.4, 0.5) is 0 Å². The Bertz CT molecular complexity index is 548. The third-order valence-corrected chi connectivity index (χ3v) is 6.68. The van der Waals surface area contributed by atoms with Crippen molar-refractivity contribution in [2.24, 2.45) is 4.99 Å². The number of nitrogens with one attached hydrogen (secondary N) is 1. The van der Waals surface area contributed by atoms with Crippen LogP contribution in [-0.2, 0) is 14.8 Å². The van der Waals surface area contributed by atoms with Crippen molar-refractivity contribution in [2.45, 2.75) is 47.1 Å². The van der Waals surface area contributed by atoms with E-state index < -0.39 is 10.0 Å². The lowest BCUT2D eigenvalue weighted by Crippen LogP contribution is -2.54. The Morgan fingerprint density at radius 2 is 1.76 bits per heavy atom. The van der Waals surface area contributed by atoms with Gasteiger partial charge >= 0.3 is 0 Å². The van der Waals surface area contributed by atoms with Gasteiger partial charge in [0.2, 0.25) is 10.0 Å². The maximum absolute atomic E-state index is 12.5. The summed E-state index contributed by atoms with van der Waals surface area (Å²) in [4.78, 5) is 9.31.